The van der Waals surface area contributed by atoms with Crippen LogP contribution in [0, 0.1) is 27.7 Å². The van der Waals surface area contributed by atoms with E-state index in [2.05, 4.69) is 9.97 Å². The lowest BCUT2D eigenvalue weighted by Gasteiger charge is -2.23. The highest BCUT2D eigenvalue weighted by Gasteiger charge is 2.47. The van der Waals surface area contributed by atoms with Crippen molar-refractivity contribution in [2.24, 2.45) is 0 Å². The Balaban J connectivity index is 0.000000196. The van der Waals surface area contributed by atoms with Crippen molar-refractivity contribution in [3.8, 4) is 0 Å². The zero-order valence-corrected chi connectivity index (χ0v) is 20.4. The van der Waals surface area contributed by atoms with Gasteiger partial charge in [0.1, 0.15) is 6.17 Å². The number of hydrogen-bond acceptors (Lipinski definition) is 8. The highest BCUT2D eigenvalue weighted by atomic mass is 19.1. The predicted octanol–water partition coefficient (Wildman–Crippen LogP) is 1.35. The van der Waals surface area contributed by atoms with Crippen molar-refractivity contribution in [1.82, 2.24) is 19.1 Å². The van der Waals surface area contributed by atoms with Gasteiger partial charge in [0.15, 0.2) is 18.1 Å². The Morgan fingerprint density at radius 3 is 1.97 bits per heavy atom. The summed E-state index contributed by atoms with van der Waals surface area (Å²) >= 11 is 0. The first-order valence-electron chi connectivity index (χ1n) is 11.4. The van der Waals surface area contributed by atoms with Gasteiger partial charge in [-0.05, 0) is 45.7 Å². The second-order valence-corrected chi connectivity index (χ2v) is 9.26. The Labute approximate surface area is 201 Å². The van der Waals surface area contributed by atoms with Gasteiger partial charge in [0.2, 0.25) is 0 Å². The number of rotatable bonds is 4. The van der Waals surface area contributed by atoms with Crippen molar-refractivity contribution >= 4 is 0 Å². The van der Waals surface area contributed by atoms with Gasteiger partial charge in [-0.1, -0.05) is 0 Å². The summed E-state index contributed by atoms with van der Waals surface area (Å²) in [4.78, 5) is 31.1. The van der Waals surface area contributed by atoms with Gasteiger partial charge < -0.3 is 19.7 Å². The van der Waals surface area contributed by atoms with Crippen molar-refractivity contribution in [1.29, 1.82) is 0 Å². The summed E-state index contributed by atoms with van der Waals surface area (Å²) in [7, 11) is 0. The first-order chi connectivity index (χ1) is 16.4. The molecule has 0 saturated carbocycles. The number of aliphatic hydroxyl groups excluding tert-OH is 2. The highest BCUT2D eigenvalue weighted by molar-refractivity contribution is 5.14. The third-order valence-corrected chi connectivity index (χ3v) is 6.30. The summed E-state index contributed by atoms with van der Waals surface area (Å²) < 4.78 is 41.1. The van der Waals surface area contributed by atoms with Crippen LogP contribution in [0.2, 0.25) is 0 Å². The molecular weight excluding hydrogens is 466 g/mol. The van der Waals surface area contributed by atoms with E-state index in [-0.39, 0.29) is 26.1 Å². The smallest absolute Gasteiger partial charge is 0.350 e. The zero-order valence-electron chi connectivity index (χ0n) is 20.4. The molecule has 10 nitrogen and oxygen atoms in total. The van der Waals surface area contributed by atoms with Gasteiger partial charge in [-0.25, -0.2) is 18.4 Å². The van der Waals surface area contributed by atoms with Gasteiger partial charge in [-0.15, -0.1) is 0 Å². The van der Waals surface area contributed by atoms with Crippen LogP contribution in [-0.4, -0.2) is 66.6 Å². The molecule has 2 unspecified atom stereocenters. The van der Waals surface area contributed by atoms with Gasteiger partial charge in [0, 0.05) is 36.6 Å². The molecule has 0 aromatic carbocycles. The summed E-state index contributed by atoms with van der Waals surface area (Å²) in [6.45, 7) is 7.90. The van der Waals surface area contributed by atoms with E-state index in [1.807, 2.05) is 0 Å². The van der Waals surface area contributed by atoms with Crippen LogP contribution in [0.5, 0.6) is 0 Å². The second-order valence-electron chi connectivity index (χ2n) is 9.26. The fraction of sp³-hybridized carbons (Fsp3) is 0.652. The lowest BCUT2D eigenvalue weighted by Crippen LogP contribution is -2.36. The molecule has 2 fully saturated rings. The van der Waals surface area contributed by atoms with Gasteiger partial charge in [0.25, 0.3) is 0 Å². The van der Waals surface area contributed by atoms with Crippen LogP contribution < -0.4 is 11.4 Å². The third kappa shape index (κ3) is 5.83. The molecule has 0 spiro atoms. The second kappa shape index (κ2) is 10.6. The number of aryl methyl sites for hydroxylation is 4. The average molecular weight is 499 g/mol. The van der Waals surface area contributed by atoms with Crippen molar-refractivity contribution in [2.45, 2.75) is 84.0 Å². The quantitative estimate of drug-likeness (QED) is 0.647. The molecule has 2 aliphatic heterocycles. The molecular formula is C23H32F2N4O6. The van der Waals surface area contributed by atoms with Crippen LogP contribution in [0.3, 0.4) is 0 Å². The van der Waals surface area contributed by atoms with Crippen LogP contribution in [0.15, 0.2) is 22.0 Å². The van der Waals surface area contributed by atoms with Crippen molar-refractivity contribution in [3.05, 3.63) is 55.9 Å². The van der Waals surface area contributed by atoms with E-state index in [0.717, 1.165) is 20.3 Å². The van der Waals surface area contributed by atoms with Crippen LogP contribution in [0.25, 0.3) is 0 Å². The Morgan fingerprint density at radius 2 is 1.49 bits per heavy atom. The molecule has 0 bridgehead atoms. The largest absolute Gasteiger partial charge is 0.394 e. The first-order valence-corrected chi connectivity index (χ1v) is 11.4. The summed E-state index contributed by atoms with van der Waals surface area (Å²) in [5.74, 6) is 0. The normalized spacial score (nSPS) is 30.3. The standard InChI is InChI=1S/C12H17FN2O3.C11H15FN2O3/c1-7-5-15(11(17)14-8(7)2)10-12(3,13)4-9(6-16)18-10;1-6-4-14(11(16)13-7(6)2)10-9(12)3-8(5-15)17-10/h5,9-10,16H,4,6H2,1-3H3;4,8-10,15H,3,5H2,1-2H3/t9-,10+,12?;8-,9?,10+/m10/s1. The van der Waals surface area contributed by atoms with Crippen LogP contribution in [-0.2, 0) is 9.47 Å². The van der Waals surface area contributed by atoms with Gasteiger partial charge in [0.05, 0.1) is 25.4 Å². The molecule has 0 aliphatic carbocycles. The lowest BCUT2D eigenvalue weighted by molar-refractivity contribution is -0.0611. The Hall–Kier alpha value is -2.54. The monoisotopic (exact) mass is 498 g/mol. The van der Waals surface area contributed by atoms with Crippen LogP contribution in [0.4, 0.5) is 8.78 Å². The van der Waals surface area contributed by atoms with E-state index in [4.69, 9.17) is 19.7 Å². The number of halogens is 2. The minimum absolute atomic E-state index is 0.0630. The molecule has 6 atom stereocenters. The molecule has 4 rings (SSSR count). The minimum Gasteiger partial charge on any atom is -0.394 e. The van der Waals surface area contributed by atoms with E-state index in [9.17, 15) is 18.4 Å². The minimum atomic E-state index is -1.69. The molecule has 2 aliphatic rings. The molecule has 4 heterocycles. The molecule has 0 amide bonds. The molecule has 35 heavy (non-hydrogen) atoms. The van der Waals surface area contributed by atoms with Crippen molar-refractivity contribution < 1.29 is 28.5 Å². The maximum atomic E-state index is 14.4. The lowest BCUT2D eigenvalue weighted by atomic mass is 10.0. The molecule has 194 valence electrons. The SMILES string of the molecule is Cc1cn([C@@H]2O[C@H](CO)CC2F)c(=O)nc1C.Cc1cn([C@H]2O[C@@H](CO)CC2(C)F)c(=O)nc1C. The average Bonchev–Trinajstić information content (AvgIpc) is 3.32. The highest BCUT2D eigenvalue weighted by Crippen LogP contribution is 2.40. The van der Waals surface area contributed by atoms with Gasteiger partial charge >= 0.3 is 11.4 Å². The number of aliphatic hydroxyl groups is 2. The summed E-state index contributed by atoms with van der Waals surface area (Å²) in [5.41, 5.74) is 0.0757. The molecule has 2 aromatic heterocycles. The molecule has 0 radical (unpaired) electrons. The van der Waals surface area contributed by atoms with E-state index >= 15 is 0 Å². The van der Waals surface area contributed by atoms with Crippen molar-refractivity contribution in [3.63, 3.8) is 0 Å². The summed E-state index contributed by atoms with van der Waals surface area (Å²) in [6, 6.07) is 0. The maximum Gasteiger partial charge on any atom is 0.350 e. The first kappa shape index (κ1) is 27.1. The molecule has 2 N–H and O–H groups in total. The number of nitrogens with zero attached hydrogens (tertiary/aromatic N) is 4. The number of aromatic nitrogens is 4. The third-order valence-electron chi connectivity index (χ3n) is 6.30. The van der Waals surface area contributed by atoms with Gasteiger partial charge in [-0.3, -0.25) is 9.13 Å². The topological polar surface area (TPSA) is 129 Å². The van der Waals surface area contributed by atoms with E-state index < -0.39 is 47.9 Å². The number of ether oxygens (including phenoxy) is 2. The number of hydrogen-bond donors (Lipinski definition) is 2. The van der Waals surface area contributed by atoms with Crippen LogP contribution in [0.1, 0.15) is 54.7 Å². The number of alkyl halides is 2. The molecule has 2 aromatic rings. The Kier molecular flexibility index (Phi) is 8.20. The fourth-order valence-corrected chi connectivity index (χ4v) is 4.09. The molecule has 2 saturated heterocycles. The Morgan fingerprint density at radius 1 is 0.971 bits per heavy atom. The van der Waals surface area contributed by atoms with Gasteiger partial charge in [-0.2, -0.15) is 9.97 Å². The van der Waals surface area contributed by atoms with Crippen molar-refractivity contribution in [2.75, 3.05) is 13.2 Å². The van der Waals surface area contributed by atoms with Crippen LogP contribution >= 0.6 is 0 Å². The van der Waals surface area contributed by atoms with E-state index in [0.29, 0.717) is 11.4 Å². The Bertz CT molecular complexity index is 1170. The molecule has 12 heteroatoms. The van der Waals surface area contributed by atoms with E-state index in [1.165, 1.54) is 6.92 Å². The van der Waals surface area contributed by atoms with E-state index in [1.54, 1.807) is 40.1 Å². The summed E-state index contributed by atoms with van der Waals surface area (Å²) in [5, 5.41) is 18.0. The zero-order chi connectivity index (χ0) is 26.1. The fourth-order valence-electron chi connectivity index (χ4n) is 4.09. The summed E-state index contributed by atoms with van der Waals surface area (Å²) in [6.07, 6.45) is -1.20. The predicted molar refractivity (Wildman–Crippen MR) is 122 cm³/mol. The maximum absolute atomic E-state index is 14.4.